The Balaban J connectivity index is 1.62. The Bertz CT molecular complexity index is 431. The van der Waals surface area contributed by atoms with E-state index < -0.39 is 0 Å². The smallest absolute Gasteiger partial charge is 0.118 e. The zero-order valence-corrected chi connectivity index (χ0v) is 11.9. The zero-order valence-electron chi connectivity index (χ0n) is 11.9. The van der Waals surface area contributed by atoms with Gasteiger partial charge < -0.3 is 13.9 Å². The summed E-state index contributed by atoms with van der Waals surface area (Å²) < 4.78 is 17.2. The molecule has 1 aromatic heterocycles. The molecule has 19 heavy (non-hydrogen) atoms. The van der Waals surface area contributed by atoms with Crippen LogP contribution in [0, 0.1) is 6.92 Å². The first kappa shape index (κ1) is 13.2. The highest BCUT2D eigenvalue weighted by Crippen LogP contribution is 2.36. The fraction of sp³-hybridized carbons (Fsp3) is 0.733. The summed E-state index contributed by atoms with van der Waals surface area (Å²) in [6, 6.07) is 4.10. The molecule has 0 N–H and O–H groups in total. The van der Waals surface area contributed by atoms with E-state index in [1.165, 1.54) is 6.42 Å². The van der Waals surface area contributed by atoms with E-state index in [4.69, 9.17) is 13.9 Å². The van der Waals surface area contributed by atoms with Crippen molar-refractivity contribution < 1.29 is 13.9 Å². The number of rotatable bonds is 3. The highest BCUT2D eigenvalue weighted by atomic mass is 16.6. The second-order valence-electron chi connectivity index (χ2n) is 5.88. The summed E-state index contributed by atoms with van der Waals surface area (Å²) in [4.78, 5) is 2.44. The van der Waals surface area contributed by atoms with Gasteiger partial charge in [0.15, 0.2) is 0 Å². The number of nitrogens with zero attached hydrogens (tertiary/aromatic N) is 1. The molecule has 2 fully saturated rings. The van der Waals surface area contributed by atoms with Crippen LogP contribution in [0.1, 0.15) is 30.8 Å². The molecule has 2 aliphatic heterocycles. The zero-order chi connectivity index (χ0) is 13.3. The van der Waals surface area contributed by atoms with Gasteiger partial charge in [0.1, 0.15) is 11.5 Å². The molecule has 106 valence electrons. The van der Waals surface area contributed by atoms with Gasteiger partial charge in [0.05, 0.1) is 24.9 Å². The molecular formula is C15H23NO3. The normalized spacial score (nSPS) is 32.2. The Morgan fingerprint density at radius 3 is 3.05 bits per heavy atom. The van der Waals surface area contributed by atoms with Crippen LogP contribution in [0.2, 0.25) is 0 Å². The van der Waals surface area contributed by atoms with Gasteiger partial charge in [-0.05, 0) is 38.4 Å². The van der Waals surface area contributed by atoms with E-state index in [0.29, 0.717) is 0 Å². The van der Waals surface area contributed by atoms with Gasteiger partial charge in [-0.1, -0.05) is 0 Å². The molecule has 2 atom stereocenters. The van der Waals surface area contributed by atoms with Gasteiger partial charge in [-0.25, -0.2) is 0 Å². The first-order chi connectivity index (χ1) is 9.19. The number of piperidine rings is 1. The molecule has 0 saturated carbocycles. The minimum Gasteiger partial charge on any atom is -0.465 e. The SMILES string of the molecule is CO[C@H]1CO[C@@]2(CCCN(Cc3ccc(C)o3)C2)C1. The van der Waals surface area contributed by atoms with Gasteiger partial charge in [0.25, 0.3) is 0 Å². The van der Waals surface area contributed by atoms with Crippen LogP contribution in [0.4, 0.5) is 0 Å². The van der Waals surface area contributed by atoms with Crippen LogP contribution in [-0.4, -0.2) is 43.4 Å². The summed E-state index contributed by atoms with van der Waals surface area (Å²) in [7, 11) is 1.78. The van der Waals surface area contributed by atoms with Crippen LogP contribution in [-0.2, 0) is 16.0 Å². The Morgan fingerprint density at radius 2 is 2.37 bits per heavy atom. The van der Waals surface area contributed by atoms with Crippen LogP contribution in [0.25, 0.3) is 0 Å². The van der Waals surface area contributed by atoms with Crippen LogP contribution in [0.15, 0.2) is 16.5 Å². The molecule has 0 radical (unpaired) electrons. The standard InChI is InChI=1S/C15H23NO3/c1-12-4-5-13(19-12)9-16-7-3-6-15(11-16)8-14(17-2)10-18-15/h4-5,14H,3,6-11H2,1-2H3/t14-,15+/m1/s1. The number of aryl methyl sites for hydroxylation is 1. The predicted octanol–water partition coefficient (Wildman–Crippen LogP) is 2.36. The third-order valence-electron chi connectivity index (χ3n) is 4.30. The van der Waals surface area contributed by atoms with Crippen LogP contribution >= 0.6 is 0 Å². The van der Waals surface area contributed by atoms with Crippen molar-refractivity contribution in [2.75, 3.05) is 26.8 Å². The average molecular weight is 265 g/mol. The fourth-order valence-corrected chi connectivity index (χ4v) is 3.35. The Labute approximate surface area is 114 Å². The summed E-state index contributed by atoms with van der Waals surface area (Å²) in [5, 5.41) is 0. The molecule has 0 aliphatic carbocycles. The van der Waals surface area contributed by atoms with Gasteiger partial charge in [-0.3, -0.25) is 4.90 Å². The molecule has 0 amide bonds. The van der Waals surface area contributed by atoms with Crippen molar-refractivity contribution in [1.82, 2.24) is 4.90 Å². The lowest BCUT2D eigenvalue weighted by Gasteiger charge is -2.39. The lowest BCUT2D eigenvalue weighted by molar-refractivity contribution is -0.0553. The van der Waals surface area contributed by atoms with Crippen LogP contribution in [0.3, 0.4) is 0 Å². The molecular weight excluding hydrogens is 242 g/mol. The van der Waals surface area contributed by atoms with E-state index in [1.807, 2.05) is 13.0 Å². The number of ether oxygens (including phenoxy) is 2. The van der Waals surface area contributed by atoms with E-state index in [2.05, 4.69) is 11.0 Å². The molecule has 3 rings (SSSR count). The van der Waals surface area contributed by atoms with Crippen molar-refractivity contribution in [3.8, 4) is 0 Å². The van der Waals surface area contributed by atoms with E-state index in [0.717, 1.165) is 50.6 Å². The van der Waals surface area contributed by atoms with Crippen molar-refractivity contribution in [3.05, 3.63) is 23.7 Å². The lowest BCUT2D eigenvalue weighted by Crippen LogP contribution is -2.47. The van der Waals surface area contributed by atoms with Gasteiger partial charge >= 0.3 is 0 Å². The Hall–Kier alpha value is -0.840. The molecule has 0 bridgehead atoms. The minimum absolute atomic E-state index is 0.0144. The molecule has 2 saturated heterocycles. The number of hydrogen-bond acceptors (Lipinski definition) is 4. The maximum atomic E-state index is 6.06. The number of methoxy groups -OCH3 is 1. The first-order valence-corrected chi connectivity index (χ1v) is 7.14. The number of likely N-dealkylation sites (tertiary alicyclic amines) is 1. The highest BCUT2D eigenvalue weighted by molar-refractivity contribution is 5.06. The summed E-state index contributed by atoms with van der Waals surface area (Å²) in [6.07, 6.45) is 3.64. The fourth-order valence-electron chi connectivity index (χ4n) is 3.35. The summed E-state index contributed by atoms with van der Waals surface area (Å²) in [5.74, 6) is 2.04. The summed E-state index contributed by atoms with van der Waals surface area (Å²) >= 11 is 0. The van der Waals surface area contributed by atoms with Gasteiger partial charge in [0, 0.05) is 20.1 Å². The van der Waals surface area contributed by atoms with Gasteiger partial charge in [-0.15, -0.1) is 0 Å². The molecule has 4 heteroatoms. The van der Waals surface area contributed by atoms with E-state index in [9.17, 15) is 0 Å². The summed E-state index contributed by atoms with van der Waals surface area (Å²) in [6.45, 7) is 5.74. The third-order valence-corrected chi connectivity index (χ3v) is 4.30. The van der Waals surface area contributed by atoms with E-state index >= 15 is 0 Å². The maximum absolute atomic E-state index is 6.06. The Morgan fingerprint density at radius 1 is 1.47 bits per heavy atom. The monoisotopic (exact) mass is 265 g/mol. The molecule has 4 nitrogen and oxygen atoms in total. The van der Waals surface area contributed by atoms with Gasteiger partial charge in [-0.2, -0.15) is 0 Å². The van der Waals surface area contributed by atoms with Crippen molar-refractivity contribution in [2.24, 2.45) is 0 Å². The minimum atomic E-state index is 0.0144. The predicted molar refractivity (Wildman–Crippen MR) is 72.1 cm³/mol. The second kappa shape index (κ2) is 5.27. The third kappa shape index (κ3) is 2.86. The number of furan rings is 1. The molecule has 0 aromatic carbocycles. The highest BCUT2D eigenvalue weighted by Gasteiger charge is 2.43. The van der Waals surface area contributed by atoms with Crippen LogP contribution in [0.5, 0.6) is 0 Å². The Kier molecular flexibility index (Phi) is 3.65. The first-order valence-electron chi connectivity index (χ1n) is 7.14. The maximum Gasteiger partial charge on any atom is 0.118 e. The average Bonchev–Trinajstić information content (AvgIpc) is 2.97. The molecule has 3 heterocycles. The van der Waals surface area contributed by atoms with E-state index in [1.54, 1.807) is 7.11 Å². The summed E-state index contributed by atoms with van der Waals surface area (Å²) in [5.41, 5.74) is 0.0144. The molecule has 1 aromatic rings. The molecule has 0 unspecified atom stereocenters. The molecule has 2 aliphatic rings. The topological polar surface area (TPSA) is 34.8 Å². The second-order valence-corrected chi connectivity index (χ2v) is 5.88. The largest absolute Gasteiger partial charge is 0.465 e. The van der Waals surface area contributed by atoms with E-state index in [-0.39, 0.29) is 11.7 Å². The van der Waals surface area contributed by atoms with Crippen molar-refractivity contribution >= 4 is 0 Å². The van der Waals surface area contributed by atoms with Crippen molar-refractivity contribution in [1.29, 1.82) is 0 Å². The quantitative estimate of drug-likeness (QED) is 0.840. The van der Waals surface area contributed by atoms with Crippen molar-refractivity contribution in [2.45, 2.75) is 44.4 Å². The van der Waals surface area contributed by atoms with Crippen LogP contribution < -0.4 is 0 Å². The lowest BCUT2D eigenvalue weighted by atomic mass is 9.89. The van der Waals surface area contributed by atoms with Gasteiger partial charge in [0.2, 0.25) is 0 Å². The van der Waals surface area contributed by atoms with Crippen molar-refractivity contribution in [3.63, 3.8) is 0 Å². The molecule has 1 spiro atoms. The number of hydrogen-bond donors (Lipinski definition) is 0.